The third-order valence-electron chi connectivity index (χ3n) is 6.57. The van der Waals surface area contributed by atoms with Gasteiger partial charge in [0.2, 0.25) is 5.91 Å². The lowest BCUT2D eigenvalue weighted by Crippen LogP contribution is -2.55. The highest BCUT2D eigenvalue weighted by atomic mass is 19.1. The van der Waals surface area contributed by atoms with Crippen LogP contribution < -0.4 is 9.64 Å². The van der Waals surface area contributed by atoms with Crippen molar-refractivity contribution >= 4 is 11.6 Å². The zero-order chi connectivity index (χ0) is 21.6. The van der Waals surface area contributed by atoms with Crippen molar-refractivity contribution in [3.05, 3.63) is 59.9 Å². The summed E-state index contributed by atoms with van der Waals surface area (Å²) in [7, 11) is 1.67. The van der Waals surface area contributed by atoms with Gasteiger partial charge in [0.1, 0.15) is 11.6 Å². The summed E-state index contributed by atoms with van der Waals surface area (Å²) in [4.78, 5) is 19.8. The van der Waals surface area contributed by atoms with E-state index in [1.54, 1.807) is 7.11 Å². The average molecular weight is 426 g/mol. The molecule has 0 N–H and O–H groups in total. The number of carbonyl (C=O) groups excluding carboxylic acids is 1. The molecule has 0 saturated carbocycles. The molecule has 0 bridgehead atoms. The molecule has 0 aromatic heterocycles. The van der Waals surface area contributed by atoms with E-state index in [1.165, 1.54) is 12.1 Å². The third-order valence-corrected chi connectivity index (χ3v) is 6.57. The quantitative estimate of drug-likeness (QED) is 0.709. The van der Waals surface area contributed by atoms with Gasteiger partial charge in [0, 0.05) is 57.4 Å². The predicted octanol–water partition coefficient (Wildman–Crippen LogP) is 3.58. The van der Waals surface area contributed by atoms with Crippen molar-refractivity contribution in [2.75, 3.05) is 51.3 Å². The van der Waals surface area contributed by atoms with Crippen molar-refractivity contribution in [2.45, 2.75) is 31.7 Å². The van der Waals surface area contributed by atoms with Crippen molar-refractivity contribution in [3.8, 4) is 5.75 Å². The zero-order valence-electron chi connectivity index (χ0n) is 18.3. The summed E-state index contributed by atoms with van der Waals surface area (Å²) in [5, 5.41) is 0. The van der Waals surface area contributed by atoms with Crippen molar-refractivity contribution in [1.82, 2.24) is 9.80 Å². The van der Waals surface area contributed by atoms with Crippen LogP contribution in [0.15, 0.2) is 48.5 Å². The number of piperazine rings is 1. The minimum absolute atomic E-state index is 0.194. The Kier molecular flexibility index (Phi) is 7.07. The lowest BCUT2D eigenvalue weighted by Gasteiger charge is -2.44. The molecule has 0 radical (unpaired) electrons. The lowest BCUT2D eigenvalue weighted by atomic mass is 10.0. The monoisotopic (exact) mass is 425 g/mol. The molecule has 0 aliphatic carbocycles. The fourth-order valence-corrected chi connectivity index (χ4v) is 4.79. The van der Waals surface area contributed by atoms with E-state index in [2.05, 4.69) is 14.7 Å². The van der Waals surface area contributed by atoms with Crippen LogP contribution in [0.2, 0.25) is 0 Å². The van der Waals surface area contributed by atoms with E-state index in [4.69, 9.17) is 4.74 Å². The molecule has 2 fully saturated rings. The summed E-state index contributed by atoms with van der Waals surface area (Å²) in [6.45, 7) is 5.50. The molecule has 166 valence electrons. The number of piperidine rings is 1. The number of carbonyl (C=O) groups is 1. The van der Waals surface area contributed by atoms with Crippen LogP contribution in [-0.4, -0.2) is 68.1 Å². The first kappa shape index (κ1) is 21.6. The molecule has 2 aliphatic heterocycles. The number of ether oxygens (including phenoxy) is 1. The van der Waals surface area contributed by atoms with E-state index in [0.717, 1.165) is 69.1 Å². The Labute approximate surface area is 184 Å². The minimum Gasteiger partial charge on any atom is -0.496 e. The number of likely N-dealkylation sites (tertiary alicyclic amines) is 1. The number of hydrogen-bond acceptors (Lipinski definition) is 4. The van der Waals surface area contributed by atoms with E-state index in [0.29, 0.717) is 18.9 Å². The number of aryl methyl sites for hydroxylation is 1. The number of halogens is 1. The molecule has 31 heavy (non-hydrogen) atoms. The Bertz CT molecular complexity index is 865. The third kappa shape index (κ3) is 5.37. The number of nitrogens with zero attached hydrogens (tertiary/aromatic N) is 3. The van der Waals surface area contributed by atoms with Crippen LogP contribution >= 0.6 is 0 Å². The van der Waals surface area contributed by atoms with Gasteiger partial charge in [-0.05, 0) is 55.2 Å². The molecule has 5 nitrogen and oxygen atoms in total. The highest BCUT2D eigenvalue weighted by Gasteiger charge is 2.30. The summed E-state index contributed by atoms with van der Waals surface area (Å²) in [5.74, 6) is 0.895. The molecule has 0 spiro atoms. The van der Waals surface area contributed by atoms with Crippen molar-refractivity contribution in [1.29, 1.82) is 0 Å². The summed E-state index contributed by atoms with van der Waals surface area (Å²) in [6, 6.07) is 15.1. The van der Waals surface area contributed by atoms with Gasteiger partial charge >= 0.3 is 0 Å². The minimum atomic E-state index is -0.194. The van der Waals surface area contributed by atoms with E-state index < -0.39 is 0 Å². The van der Waals surface area contributed by atoms with E-state index in [9.17, 15) is 9.18 Å². The van der Waals surface area contributed by atoms with Crippen LogP contribution in [0.4, 0.5) is 10.1 Å². The average Bonchev–Trinajstić information content (AvgIpc) is 2.83. The summed E-state index contributed by atoms with van der Waals surface area (Å²) in [6.07, 6.45) is 3.43. The van der Waals surface area contributed by atoms with Gasteiger partial charge in [0.15, 0.2) is 0 Å². The first-order chi connectivity index (χ1) is 15.1. The number of hydrogen-bond donors (Lipinski definition) is 0. The van der Waals surface area contributed by atoms with Gasteiger partial charge in [0.25, 0.3) is 0 Å². The molecular weight excluding hydrogens is 393 g/mol. The standard InChI is InChI=1S/C25H32FN3O2/c1-31-24-7-3-2-5-20(24)8-13-25(30)29-14-4-6-23(19-29)28-17-15-27(16-18-28)22-11-9-21(26)10-12-22/h2-3,5,7,9-12,23H,4,6,8,13-19H2,1H3/t23-/m0/s1. The maximum atomic E-state index is 13.2. The van der Waals surface area contributed by atoms with E-state index in [1.807, 2.05) is 36.4 Å². The number of methoxy groups -OCH3 is 1. The number of benzene rings is 2. The maximum Gasteiger partial charge on any atom is 0.222 e. The fraction of sp³-hybridized carbons (Fsp3) is 0.480. The van der Waals surface area contributed by atoms with Gasteiger partial charge in [0.05, 0.1) is 7.11 Å². The van der Waals surface area contributed by atoms with Crippen LogP contribution in [0, 0.1) is 5.82 Å². The Hall–Kier alpha value is -2.60. The van der Waals surface area contributed by atoms with Gasteiger partial charge in [-0.2, -0.15) is 0 Å². The number of para-hydroxylation sites is 1. The van der Waals surface area contributed by atoms with Crippen LogP contribution in [0.5, 0.6) is 5.75 Å². The van der Waals surface area contributed by atoms with Gasteiger partial charge in [-0.15, -0.1) is 0 Å². The Morgan fingerprint density at radius 3 is 2.52 bits per heavy atom. The van der Waals surface area contributed by atoms with Gasteiger partial charge in [-0.1, -0.05) is 18.2 Å². The van der Waals surface area contributed by atoms with Gasteiger partial charge < -0.3 is 14.5 Å². The van der Waals surface area contributed by atoms with Crippen molar-refractivity contribution in [3.63, 3.8) is 0 Å². The summed E-state index contributed by atoms with van der Waals surface area (Å²) >= 11 is 0. The molecule has 2 aliphatic rings. The molecule has 4 rings (SSSR count). The second-order valence-electron chi connectivity index (χ2n) is 8.45. The number of rotatable bonds is 6. The smallest absolute Gasteiger partial charge is 0.222 e. The molecular formula is C25H32FN3O2. The lowest BCUT2D eigenvalue weighted by molar-refractivity contribution is -0.133. The van der Waals surface area contributed by atoms with Crippen LogP contribution in [-0.2, 0) is 11.2 Å². The Morgan fingerprint density at radius 1 is 1.03 bits per heavy atom. The maximum absolute atomic E-state index is 13.2. The second-order valence-corrected chi connectivity index (χ2v) is 8.45. The molecule has 6 heteroatoms. The van der Waals surface area contributed by atoms with Gasteiger partial charge in [-0.3, -0.25) is 9.69 Å². The van der Waals surface area contributed by atoms with Crippen LogP contribution in [0.25, 0.3) is 0 Å². The Balaban J connectivity index is 1.27. The second kappa shape index (κ2) is 10.1. The molecule has 2 saturated heterocycles. The molecule has 2 aromatic rings. The largest absolute Gasteiger partial charge is 0.496 e. The number of amides is 1. The molecule has 2 aromatic carbocycles. The van der Waals surface area contributed by atoms with Crippen LogP contribution in [0.1, 0.15) is 24.8 Å². The normalized spacial score (nSPS) is 20.0. The summed E-state index contributed by atoms with van der Waals surface area (Å²) in [5.41, 5.74) is 2.17. The molecule has 1 amide bonds. The van der Waals surface area contributed by atoms with Crippen molar-refractivity contribution in [2.24, 2.45) is 0 Å². The fourth-order valence-electron chi connectivity index (χ4n) is 4.79. The highest BCUT2D eigenvalue weighted by Crippen LogP contribution is 2.23. The predicted molar refractivity (Wildman–Crippen MR) is 121 cm³/mol. The van der Waals surface area contributed by atoms with E-state index in [-0.39, 0.29) is 11.7 Å². The number of anilines is 1. The first-order valence-electron chi connectivity index (χ1n) is 11.3. The van der Waals surface area contributed by atoms with E-state index >= 15 is 0 Å². The SMILES string of the molecule is COc1ccccc1CCC(=O)N1CCC[C@H](N2CCN(c3ccc(F)cc3)CC2)C1. The zero-order valence-corrected chi connectivity index (χ0v) is 18.3. The molecule has 0 unspecified atom stereocenters. The first-order valence-corrected chi connectivity index (χ1v) is 11.3. The van der Waals surface area contributed by atoms with Gasteiger partial charge in [-0.25, -0.2) is 4.39 Å². The topological polar surface area (TPSA) is 36.0 Å². The van der Waals surface area contributed by atoms with Crippen LogP contribution in [0.3, 0.4) is 0 Å². The Morgan fingerprint density at radius 2 is 1.77 bits per heavy atom. The van der Waals surface area contributed by atoms with Crippen molar-refractivity contribution < 1.29 is 13.9 Å². The summed E-state index contributed by atoms with van der Waals surface area (Å²) < 4.78 is 18.6. The highest BCUT2D eigenvalue weighted by molar-refractivity contribution is 5.76. The molecule has 2 heterocycles. The molecule has 1 atom stereocenters.